The van der Waals surface area contributed by atoms with E-state index in [4.69, 9.17) is 14.6 Å². The van der Waals surface area contributed by atoms with Gasteiger partial charge in [-0.3, -0.25) is 0 Å². The highest BCUT2D eigenvalue weighted by atomic mass is 16.6. The minimum Gasteiger partial charge on any atom is -0.508 e. The maximum atomic E-state index is 10.1. The first-order valence-electron chi connectivity index (χ1n) is 7.66. The van der Waals surface area contributed by atoms with E-state index in [-0.39, 0.29) is 11.9 Å². The van der Waals surface area contributed by atoms with Crippen molar-refractivity contribution in [3.05, 3.63) is 29.8 Å². The molecular weight excluding hydrogens is 304 g/mol. The molecule has 0 unspecified atom stereocenters. The lowest BCUT2D eigenvalue weighted by Gasteiger charge is -2.41. The highest BCUT2D eigenvalue weighted by Crippen LogP contribution is 2.24. The zero-order valence-electron chi connectivity index (χ0n) is 12.9. The molecule has 1 aliphatic heterocycles. The van der Waals surface area contributed by atoms with Crippen LogP contribution >= 0.6 is 0 Å². The van der Waals surface area contributed by atoms with Crippen LogP contribution in [-0.4, -0.2) is 68.9 Å². The van der Waals surface area contributed by atoms with E-state index in [1.807, 2.05) is 12.1 Å². The van der Waals surface area contributed by atoms with E-state index in [9.17, 15) is 20.4 Å². The van der Waals surface area contributed by atoms with Crippen LogP contribution in [-0.2, 0) is 15.9 Å². The molecule has 1 aliphatic rings. The van der Waals surface area contributed by atoms with Crippen molar-refractivity contribution < 1.29 is 35.0 Å². The number of phenols is 1. The maximum Gasteiger partial charge on any atom is 0.184 e. The van der Waals surface area contributed by atoms with Gasteiger partial charge in [0.25, 0.3) is 0 Å². The number of ether oxygens (including phenoxy) is 2. The third kappa shape index (κ3) is 4.63. The largest absolute Gasteiger partial charge is 0.508 e. The molecule has 0 aliphatic carbocycles. The quantitative estimate of drug-likeness (QED) is 0.479. The number of aliphatic hydroxyl groups excluding tert-OH is 4. The first-order chi connectivity index (χ1) is 10.9. The van der Waals surface area contributed by atoms with Gasteiger partial charge < -0.3 is 35.0 Å². The summed E-state index contributed by atoms with van der Waals surface area (Å²) in [7, 11) is 0. The van der Waals surface area contributed by atoms with Gasteiger partial charge in [0.2, 0.25) is 0 Å². The molecule has 5 N–H and O–H groups in total. The van der Waals surface area contributed by atoms with E-state index in [1.165, 1.54) is 0 Å². The third-order valence-electron chi connectivity index (χ3n) is 4.01. The number of rotatable bonds is 6. The maximum absolute atomic E-state index is 10.1. The van der Waals surface area contributed by atoms with Crippen LogP contribution in [0.3, 0.4) is 0 Å². The smallest absolute Gasteiger partial charge is 0.184 e. The summed E-state index contributed by atoms with van der Waals surface area (Å²) in [6.07, 6.45) is -5.12. The minimum absolute atomic E-state index is 0.204. The zero-order chi connectivity index (χ0) is 17.0. The Labute approximate surface area is 134 Å². The topological polar surface area (TPSA) is 120 Å². The van der Waals surface area contributed by atoms with Gasteiger partial charge in [-0.1, -0.05) is 12.1 Å². The van der Waals surface area contributed by atoms with Crippen LogP contribution in [0.5, 0.6) is 5.75 Å². The van der Waals surface area contributed by atoms with E-state index in [0.29, 0.717) is 12.8 Å². The van der Waals surface area contributed by atoms with E-state index in [1.54, 1.807) is 19.1 Å². The Balaban J connectivity index is 1.89. The molecule has 23 heavy (non-hydrogen) atoms. The predicted molar refractivity (Wildman–Crippen MR) is 80.7 cm³/mol. The molecule has 7 heteroatoms. The number of benzene rings is 1. The summed E-state index contributed by atoms with van der Waals surface area (Å²) < 4.78 is 10.6. The SMILES string of the molecule is C[C@@H](CCc1ccc(O)cc1)O[C@@H]1[C@@H](O)[C@@H](O)O[C@H](CO)[C@H]1O. The minimum atomic E-state index is -1.51. The van der Waals surface area contributed by atoms with E-state index < -0.39 is 37.3 Å². The van der Waals surface area contributed by atoms with Crippen molar-refractivity contribution in [3.8, 4) is 5.75 Å². The number of aromatic hydroxyl groups is 1. The van der Waals surface area contributed by atoms with Crippen LogP contribution in [0.25, 0.3) is 0 Å². The van der Waals surface area contributed by atoms with Crippen LogP contribution in [0.2, 0.25) is 0 Å². The van der Waals surface area contributed by atoms with Gasteiger partial charge in [-0.05, 0) is 37.5 Å². The van der Waals surface area contributed by atoms with Crippen LogP contribution in [0.1, 0.15) is 18.9 Å². The van der Waals surface area contributed by atoms with E-state index in [0.717, 1.165) is 5.56 Å². The molecule has 6 atom stereocenters. The molecule has 7 nitrogen and oxygen atoms in total. The zero-order valence-corrected chi connectivity index (χ0v) is 12.9. The van der Waals surface area contributed by atoms with Gasteiger partial charge in [-0.2, -0.15) is 0 Å². The second-order valence-corrected chi connectivity index (χ2v) is 5.85. The lowest BCUT2D eigenvalue weighted by Crippen LogP contribution is -2.60. The van der Waals surface area contributed by atoms with Gasteiger partial charge in [0.15, 0.2) is 6.29 Å². The Morgan fingerprint density at radius 2 is 1.78 bits per heavy atom. The van der Waals surface area contributed by atoms with Crippen molar-refractivity contribution in [2.24, 2.45) is 0 Å². The Kier molecular flexibility index (Phi) is 6.34. The Hall–Kier alpha value is -1.22. The lowest BCUT2D eigenvalue weighted by molar-refractivity contribution is -0.299. The van der Waals surface area contributed by atoms with Crippen molar-refractivity contribution in [3.63, 3.8) is 0 Å². The first kappa shape index (κ1) is 18.1. The van der Waals surface area contributed by atoms with Crippen LogP contribution in [0.4, 0.5) is 0 Å². The number of aliphatic hydroxyl groups is 4. The molecule has 0 spiro atoms. The van der Waals surface area contributed by atoms with Crippen molar-refractivity contribution in [2.45, 2.75) is 56.6 Å². The Morgan fingerprint density at radius 3 is 2.39 bits per heavy atom. The Bertz CT molecular complexity index is 478. The van der Waals surface area contributed by atoms with Crippen molar-refractivity contribution in [1.82, 2.24) is 0 Å². The highest BCUT2D eigenvalue weighted by Gasteiger charge is 2.44. The number of hydrogen-bond acceptors (Lipinski definition) is 7. The number of phenolic OH excluding ortho intramolecular Hbond substituents is 1. The van der Waals surface area contributed by atoms with Gasteiger partial charge >= 0.3 is 0 Å². The first-order valence-corrected chi connectivity index (χ1v) is 7.66. The molecule has 1 fully saturated rings. The standard InChI is InChI=1S/C16H24O7/c1-9(2-3-10-4-6-11(18)7-5-10)22-15-13(19)12(8-17)23-16(21)14(15)20/h4-7,9,12-21H,2-3,8H2,1H3/t9-,12+,13+,14+,15-,16-/m0/s1. The number of aryl methyl sites for hydroxylation is 1. The molecule has 130 valence electrons. The fraction of sp³-hybridized carbons (Fsp3) is 0.625. The average Bonchev–Trinajstić information content (AvgIpc) is 2.54. The van der Waals surface area contributed by atoms with Crippen molar-refractivity contribution in [1.29, 1.82) is 0 Å². The van der Waals surface area contributed by atoms with Crippen molar-refractivity contribution in [2.75, 3.05) is 6.61 Å². The predicted octanol–water partition coefficient (Wildman–Crippen LogP) is -0.470. The van der Waals surface area contributed by atoms with Crippen LogP contribution in [0, 0.1) is 0 Å². The molecule has 0 aromatic heterocycles. The van der Waals surface area contributed by atoms with Crippen LogP contribution in [0.15, 0.2) is 24.3 Å². The fourth-order valence-electron chi connectivity index (χ4n) is 2.60. The molecule has 1 saturated heterocycles. The van der Waals surface area contributed by atoms with E-state index >= 15 is 0 Å². The molecule has 1 heterocycles. The third-order valence-corrected chi connectivity index (χ3v) is 4.01. The summed E-state index contributed by atoms with van der Waals surface area (Å²) in [5.41, 5.74) is 1.03. The summed E-state index contributed by atoms with van der Waals surface area (Å²) >= 11 is 0. The number of hydrogen-bond donors (Lipinski definition) is 5. The summed E-state index contributed by atoms with van der Waals surface area (Å²) in [6, 6.07) is 6.83. The van der Waals surface area contributed by atoms with Gasteiger partial charge in [0, 0.05) is 0 Å². The van der Waals surface area contributed by atoms with Gasteiger partial charge in [0.05, 0.1) is 12.7 Å². The Morgan fingerprint density at radius 1 is 1.13 bits per heavy atom. The van der Waals surface area contributed by atoms with Crippen molar-refractivity contribution >= 4 is 0 Å². The lowest BCUT2D eigenvalue weighted by atomic mass is 9.98. The second kappa shape index (κ2) is 8.05. The second-order valence-electron chi connectivity index (χ2n) is 5.85. The molecule has 1 aromatic carbocycles. The molecular formula is C16H24O7. The molecule has 1 aromatic rings. The molecule has 0 saturated carbocycles. The molecule has 0 amide bonds. The highest BCUT2D eigenvalue weighted by molar-refractivity contribution is 5.25. The van der Waals surface area contributed by atoms with Gasteiger partial charge in [-0.25, -0.2) is 0 Å². The van der Waals surface area contributed by atoms with Gasteiger partial charge in [-0.15, -0.1) is 0 Å². The monoisotopic (exact) mass is 328 g/mol. The molecule has 0 radical (unpaired) electrons. The fourth-order valence-corrected chi connectivity index (χ4v) is 2.60. The van der Waals surface area contributed by atoms with Crippen LogP contribution < -0.4 is 0 Å². The van der Waals surface area contributed by atoms with Gasteiger partial charge in [0.1, 0.15) is 30.2 Å². The summed E-state index contributed by atoms with van der Waals surface area (Å²) in [5, 5.41) is 48.0. The summed E-state index contributed by atoms with van der Waals surface area (Å²) in [5.74, 6) is 0.204. The normalized spacial score (nSPS) is 32.7. The summed E-state index contributed by atoms with van der Waals surface area (Å²) in [4.78, 5) is 0. The molecule has 2 rings (SSSR count). The summed E-state index contributed by atoms with van der Waals surface area (Å²) in [6.45, 7) is 1.32. The van der Waals surface area contributed by atoms with E-state index in [2.05, 4.69) is 0 Å². The molecule has 0 bridgehead atoms. The average molecular weight is 328 g/mol.